The Morgan fingerprint density at radius 3 is 2.22 bits per heavy atom. The number of hydrogen-bond donors (Lipinski definition) is 3. The predicted octanol–water partition coefficient (Wildman–Crippen LogP) is 8.71. The van der Waals surface area contributed by atoms with Crippen LogP contribution >= 0.6 is 0 Å². The standard InChI is InChI=1S/C47H56N2O6/c1-43-22-19-36(50)29-45(43)25-26-47(38(30-45)41(51)34-13-11-33(12-14-34)32-9-6-5-7-10-32)39(43)20-23-44(2)40(47)21-24-46(44,53)31-49(27-8-28-54-3)42(52)48-35-15-17-37(55-4)18-16-35/h5-7,9-18,25-26,30,36,39-40,50,53H,8,19-24,27-29,31H2,1-4H3,(H,48,52)/t36?,39-,40-,43-,44+,45+,46-,47-/m1/s1. The third-order valence-corrected chi connectivity index (χ3v) is 15.1. The summed E-state index contributed by atoms with van der Waals surface area (Å²) in [5.74, 6) is 0.901. The summed E-state index contributed by atoms with van der Waals surface area (Å²) in [7, 11) is 3.27. The number of anilines is 1. The number of fused-ring (bicyclic) bond motifs is 1. The summed E-state index contributed by atoms with van der Waals surface area (Å²) in [4.78, 5) is 30.9. The Morgan fingerprint density at radius 2 is 1.51 bits per heavy atom. The normalized spacial score (nSPS) is 34.2. The van der Waals surface area contributed by atoms with Crippen LogP contribution in [-0.4, -0.2) is 72.5 Å². The summed E-state index contributed by atoms with van der Waals surface area (Å²) >= 11 is 0. The maximum Gasteiger partial charge on any atom is 0.321 e. The number of amides is 2. The number of aliphatic hydroxyl groups is 2. The van der Waals surface area contributed by atoms with Crippen LogP contribution in [0.5, 0.6) is 5.75 Å². The van der Waals surface area contributed by atoms with Crippen molar-refractivity contribution in [1.82, 2.24) is 4.90 Å². The van der Waals surface area contributed by atoms with E-state index in [1.807, 2.05) is 66.7 Å². The van der Waals surface area contributed by atoms with E-state index >= 15 is 4.79 Å². The fourth-order valence-electron chi connectivity index (χ4n) is 12.0. The molecule has 0 aromatic heterocycles. The molecule has 290 valence electrons. The molecule has 3 fully saturated rings. The number of aliphatic hydroxyl groups excluding tert-OH is 1. The van der Waals surface area contributed by atoms with E-state index in [-0.39, 0.29) is 35.6 Å². The van der Waals surface area contributed by atoms with E-state index < -0.39 is 27.9 Å². The first kappa shape index (κ1) is 37.7. The molecule has 2 bridgehead atoms. The first-order valence-electron chi connectivity index (χ1n) is 20.2. The van der Waals surface area contributed by atoms with Crippen LogP contribution < -0.4 is 10.1 Å². The number of nitrogens with zero attached hydrogens (tertiary/aromatic N) is 1. The van der Waals surface area contributed by atoms with Crippen LogP contribution in [0.25, 0.3) is 11.1 Å². The number of hydrogen-bond acceptors (Lipinski definition) is 6. The molecule has 8 atom stereocenters. The van der Waals surface area contributed by atoms with Gasteiger partial charge in [0.25, 0.3) is 0 Å². The molecule has 9 rings (SSSR count). The Bertz CT molecular complexity index is 1980. The lowest BCUT2D eigenvalue weighted by molar-refractivity contribution is -0.174. The van der Waals surface area contributed by atoms with Crippen molar-refractivity contribution < 1.29 is 29.3 Å². The van der Waals surface area contributed by atoms with E-state index in [4.69, 9.17) is 9.47 Å². The lowest BCUT2D eigenvalue weighted by atomic mass is 9.32. The summed E-state index contributed by atoms with van der Waals surface area (Å²) in [6.45, 7) is 5.73. The van der Waals surface area contributed by atoms with E-state index in [0.717, 1.165) is 48.8 Å². The first-order valence-corrected chi connectivity index (χ1v) is 20.2. The van der Waals surface area contributed by atoms with Crippen LogP contribution in [0.1, 0.15) is 75.6 Å². The number of carbonyl (C=O) groups excluding carboxylic acids is 2. The Kier molecular flexibility index (Phi) is 9.62. The van der Waals surface area contributed by atoms with Crippen molar-refractivity contribution in [3.63, 3.8) is 0 Å². The quantitative estimate of drug-likeness (QED) is 0.103. The molecule has 0 aliphatic heterocycles. The first-order chi connectivity index (χ1) is 26.4. The maximum atomic E-state index is 15.1. The second-order valence-corrected chi connectivity index (χ2v) is 17.5. The van der Waals surface area contributed by atoms with Gasteiger partial charge in [0.15, 0.2) is 5.78 Å². The topological polar surface area (TPSA) is 108 Å². The molecule has 6 aliphatic carbocycles. The molecule has 3 aromatic rings. The predicted molar refractivity (Wildman–Crippen MR) is 215 cm³/mol. The number of nitrogens with one attached hydrogen (secondary N) is 1. The molecule has 55 heavy (non-hydrogen) atoms. The van der Waals surface area contributed by atoms with Crippen LogP contribution in [-0.2, 0) is 4.74 Å². The highest BCUT2D eigenvalue weighted by molar-refractivity contribution is 6.10. The lowest BCUT2D eigenvalue weighted by Crippen LogP contribution is -2.67. The lowest BCUT2D eigenvalue weighted by Gasteiger charge is -2.71. The van der Waals surface area contributed by atoms with Gasteiger partial charge in [-0.25, -0.2) is 4.79 Å². The summed E-state index contributed by atoms with van der Waals surface area (Å²) in [5, 5.41) is 27.2. The van der Waals surface area contributed by atoms with Crippen LogP contribution in [0.2, 0.25) is 0 Å². The molecule has 0 saturated heterocycles. The minimum absolute atomic E-state index is 0.0220. The number of ether oxygens (including phenoxy) is 2. The van der Waals surface area contributed by atoms with Gasteiger partial charge in [-0.3, -0.25) is 4.79 Å². The summed E-state index contributed by atoms with van der Waals surface area (Å²) in [6, 6.07) is 25.2. The van der Waals surface area contributed by atoms with E-state index in [0.29, 0.717) is 49.4 Å². The maximum absolute atomic E-state index is 15.1. The molecule has 2 amide bonds. The summed E-state index contributed by atoms with van der Waals surface area (Å²) < 4.78 is 10.7. The Hall–Kier alpha value is -4.24. The molecule has 8 heteroatoms. The Labute approximate surface area is 325 Å². The second kappa shape index (κ2) is 14.1. The highest BCUT2D eigenvalue weighted by Gasteiger charge is 2.74. The largest absolute Gasteiger partial charge is 0.497 e. The van der Waals surface area contributed by atoms with Gasteiger partial charge in [0.05, 0.1) is 25.4 Å². The highest BCUT2D eigenvalue weighted by atomic mass is 16.5. The van der Waals surface area contributed by atoms with E-state index in [9.17, 15) is 15.0 Å². The van der Waals surface area contributed by atoms with Crippen molar-refractivity contribution in [2.45, 2.75) is 76.9 Å². The fourth-order valence-corrected chi connectivity index (χ4v) is 12.0. The highest BCUT2D eigenvalue weighted by Crippen LogP contribution is 2.78. The number of rotatable bonds is 11. The minimum atomic E-state index is -1.18. The van der Waals surface area contributed by atoms with Crippen LogP contribution in [0.4, 0.5) is 10.5 Å². The van der Waals surface area contributed by atoms with Crippen molar-refractivity contribution in [3.05, 3.63) is 108 Å². The number of ketones is 1. The number of benzene rings is 3. The SMILES string of the molecule is COCCCN(C[C@]1(O)CC[C@H]2[C@]34C=C[C@@]5(C=C3C(=O)c3ccc(-c6ccccc6)cc3)CC(O)CC[C@]5(C)[C@H]4CC[C@@]21C)C(=O)Nc1ccc(OC)cc1. The van der Waals surface area contributed by atoms with Gasteiger partial charge in [0.2, 0.25) is 0 Å². The summed E-state index contributed by atoms with van der Waals surface area (Å²) in [6.07, 6.45) is 12.3. The number of urea groups is 1. The molecule has 6 aliphatic rings. The third kappa shape index (κ3) is 5.89. The zero-order valence-electron chi connectivity index (χ0n) is 32.7. The van der Waals surface area contributed by atoms with Crippen LogP contribution in [0, 0.1) is 33.5 Å². The van der Waals surface area contributed by atoms with Crippen molar-refractivity contribution >= 4 is 17.5 Å². The molecule has 0 heterocycles. The van der Waals surface area contributed by atoms with Gasteiger partial charge in [-0.1, -0.05) is 86.7 Å². The average Bonchev–Trinajstić information content (AvgIpc) is 3.47. The molecule has 1 unspecified atom stereocenters. The van der Waals surface area contributed by atoms with Crippen molar-refractivity contribution in [1.29, 1.82) is 0 Å². The van der Waals surface area contributed by atoms with Crippen LogP contribution in [0.15, 0.2) is 103 Å². The van der Waals surface area contributed by atoms with Gasteiger partial charge in [-0.15, -0.1) is 0 Å². The summed E-state index contributed by atoms with van der Waals surface area (Å²) in [5.41, 5.74) is 1.42. The number of Topliss-reactive ketones (excluding diaryl/α,β-unsaturated/α-hetero) is 1. The molecule has 2 spiro atoms. The molecule has 3 aromatic carbocycles. The van der Waals surface area contributed by atoms with E-state index in [2.05, 4.69) is 49.5 Å². The second-order valence-electron chi connectivity index (χ2n) is 17.5. The zero-order valence-corrected chi connectivity index (χ0v) is 32.7. The number of carbonyl (C=O) groups is 2. The molecular formula is C47H56N2O6. The molecule has 3 saturated carbocycles. The van der Waals surface area contributed by atoms with Gasteiger partial charge in [0, 0.05) is 53.3 Å². The Morgan fingerprint density at radius 1 is 0.836 bits per heavy atom. The smallest absolute Gasteiger partial charge is 0.321 e. The zero-order chi connectivity index (χ0) is 38.6. The number of allylic oxidation sites excluding steroid dienone is 4. The van der Waals surface area contributed by atoms with Crippen molar-refractivity contribution in [2.24, 2.45) is 33.5 Å². The van der Waals surface area contributed by atoms with Crippen molar-refractivity contribution in [2.75, 3.05) is 39.2 Å². The van der Waals surface area contributed by atoms with Crippen molar-refractivity contribution in [3.8, 4) is 16.9 Å². The molecule has 3 N–H and O–H groups in total. The Balaban J connectivity index is 1.15. The van der Waals surface area contributed by atoms with Gasteiger partial charge in [-0.2, -0.15) is 0 Å². The van der Waals surface area contributed by atoms with Crippen LogP contribution in [0.3, 0.4) is 0 Å². The fraction of sp³-hybridized carbons (Fsp3) is 0.489. The van der Waals surface area contributed by atoms with Gasteiger partial charge < -0.3 is 29.9 Å². The monoisotopic (exact) mass is 744 g/mol. The van der Waals surface area contributed by atoms with Gasteiger partial charge >= 0.3 is 6.03 Å². The van der Waals surface area contributed by atoms with Gasteiger partial charge in [0.1, 0.15) is 5.75 Å². The molecule has 8 nitrogen and oxygen atoms in total. The molecule has 0 radical (unpaired) electrons. The minimum Gasteiger partial charge on any atom is -0.497 e. The van der Waals surface area contributed by atoms with Gasteiger partial charge in [-0.05, 0) is 104 Å². The van der Waals surface area contributed by atoms with E-state index in [1.165, 1.54) is 0 Å². The average molecular weight is 745 g/mol. The third-order valence-electron chi connectivity index (χ3n) is 15.1. The number of methoxy groups -OCH3 is 2. The van der Waals surface area contributed by atoms with E-state index in [1.54, 1.807) is 19.1 Å². The molecular weight excluding hydrogens is 689 g/mol.